The maximum Gasteiger partial charge on any atom is 0.306 e. The van der Waals surface area contributed by atoms with Crippen molar-refractivity contribution >= 4 is 11.8 Å². The summed E-state index contributed by atoms with van der Waals surface area (Å²) in [6.45, 7) is 2.43. The Morgan fingerprint density at radius 3 is 2.12 bits per heavy atom. The molecule has 0 aromatic heterocycles. The minimum Gasteiger partial charge on any atom is -0.461 e. The molecule has 0 unspecified atom stereocenters. The molecular weight excluding hydrogens is 312 g/mol. The lowest BCUT2D eigenvalue weighted by molar-refractivity contribution is -0.145. The van der Waals surface area contributed by atoms with Crippen LogP contribution in [0, 0.1) is 0 Å². The topological polar surface area (TPSA) is 43.4 Å². The molecule has 0 saturated carbocycles. The summed E-state index contributed by atoms with van der Waals surface area (Å²) in [5, 5.41) is 0. The predicted octanol–water partition coefficient (Wildman–Crippen LogP) is 5.32. The van der Waals surface area contributed by atoms with Crippen LogP contribution in [0.25, 0.3) is 0 Å². The van der Waals surface area contributed by atoms with Crippen LogP contribution in [0.3, 0.4) is 0 Å². The highest BCUT2D eigenvalue weighted by molar-refractivity contribution is 6.08. The standard InChI is InChI=1S/C22H26O3/c1-2-3-4-5-9-12-21(23)25-17-18-13-15-20(16-14-18)22(24)19-10-7-6-8-11-19/h6-8,10-11,13-16H,2-5,9,12,17H2,1H3. The number of ether oxygens (including phenoxy) is 1. The SMILES string of the molecule is CCCCCCCC(=O)OCc1ccc(C(=O)c2ccccc2)cc1. The van der Waals surface area contributed by atoms with Crippen LogP contribution in [0.15, 0.2) is 54.6 Å². The lowest BCUT2D eigenvalue weighted by atomic mass is 10.0. The average Bonchev–Trinajstić information content (AvgIpc) is 2.67. The molecule has 2 aromatic rings. The van der Waals surface area contributed by atoms with E-state index in [9.17, 15) is 9.59 Å². The van der Waals surface area contributed by atoms with Gasteiger partial charge in [0.2, 0.25) is 0 Å². The Hall–Kier alpha value is -2.42. The first-order chi connectivity index (χ1) is 12.2. The van der Waals surface area contributed by atoms with Crippen LogP contribution in [0.1, 0.15) is 66.9 Å². The van der Waals surface area contributed by atoms with Crippen LogP contribution in [-0.2, 0) is 16.1 Å². The van der Waals surface area contributed by atoms with Crippen molar-refractivity contribution < 1.29 is 14.3 Å². The van der Waals surface area contributed by atoms with E-state index in [2.05, 4.69) is 6.92 Å². The molecule has 2 aromatic carbocycles. The van der Waals surface area contributed by atoms with Gasteiger partial charge in [0.05, 0.1) is 0 Å². The fourth-order valence-electron chi connectivity index (χ4n) is 2.62. The maximum absolute atomic E-state index is 12.3. The number of unbranched alkanes of at least 4 members (excludes halogenated alkanes) is 4. The monoisotopic (exact) mass is 338 g/mol. The highest BCUT2D eigenvalue weighted by Gasteiger charge is 2.09. The Balaban J connectivity index is 1.77. The van der Waals surface area contributed by atoms with Crippen molar-refractivity contribution in [1.82, 2.24) is 0 Å². The van der Waals surface area contributed by atoms with Crippen LogP contribution < -0.4 is 0 Å². The Labute approximate surface area is 150 Å². The molecule has 3 heteroatoms. The smallest absolute Gasteiger partial charge is 0.306 e. The molecule has 0 N–H and O–H groups in total. The number of ketones is 1. The number of benzene rings is 2. The van der Waals surface area contributed by atoms with Crippen molar-refractivity contribution in [3.8, 4) is 0 Å². The quantitative estimate of drug-likeness (QED) is 0.334. The van der Waals surface area contributed by atoms with Gasteiger partial charge in [0.1, 0.15) is 6.61 Å². The number of esters is 1. The van der Waals surface area contributed by atoms with E-state index in [1.807, 2.05) is 30.3 Å². The minimum absolute atomic E-state index is 0.00350. The fourth-order valence-corrected chi connectivity index (χ4v) is 2.62. The third kappa shape index (κ3) is 6.54. The molecule has 0 heterocycles. The molecule has 0 aliphatic carbocycles. The van der Waals surface area contributed by atoms with Gasteiger partial charge >= 0.3 is 5.97 Å². The summed E-state index contributed by atoms with van der Waals surface area (Å²) >= 11 is 0. The lowest BCUT2D eigenvalue weighted by Crippen LogP contribution is -2.05. The summed E-state index contributed by atoms with van der Waals surface area (Å²) in [5.41, 5.74) is 2.20. The van der Waals surface area contributed by atoms with Gasteiger partial charge in [-0.05, 0) is 12.0 Å². The summed E-state index contributed by atoms with van der Waals surface area (Å²) < 4.78 is 5.30. The number of rotatable bonds is 10. The first-order valence-electron chi connectivity index (χ1n) is 9.05. The van der Waals surface area contributed by atoms with Crippen molar-refractivity contribution in [1.29, 1.82) is 0 Å². The van der Waals surface area contributed by atoms with E-state index in [1.54, 1.807) is 24.3 Å². The maximum atomic E-state index is 12.3. The summed E-state index contributed by atoms with van der Waals surface area (Å²) in [6, 6.07) is 16.4. The predicted molar refractivity (Wildman–Crippen MR) is 99.5 cm³/mol. The second kappa shape index (κ2) is 10.4. The largest absolute Gasteiger partial charge is 0.461 e. The zero-order valence-corrected chi connectivity index (χ0v) is 14.9. The van der Waals surface area contributed by atoms with Crippen molar-refractivity contribution in [2.24, 2.45) is 0 Å². The molecule has 2 rings (SSSR count). The Morgan fingerprint density at radius 1 is 0.800 bits per heavy atom. The second-order valence-corrected chi connectivity index (χ2v) is 6.22. The van der Waals surface area contributed by atoms with Gasteiger partial charge in [-0.25, -0.2) is 0 Å². The molecule has 0 spiro atoms. The molecule has 3 nitrogen and oxygen atoms in total. The van der Waals surface area contributed by atoms with Gasteiger partial charge in [-0.2, -0.15) is 0 Å². The minimum atomic E-state index is -0.152. The van der Waals surface area contributed by atoms with E-state index in [4.69, 9.17) is 4.74 Å². The van der Waals surface area contributed by atoms with Gasteiger partial charge in [0, 0.05) is 17.5 Å². The third-order valence-corrected chi connectivity index (χ3v) is 4.14. The molecule has 25 heavy (non-hydrogen) atoms. The molecule has 0 radical (unpaired) electrons. The van der Waals surface area contributed by atoms with Crippen molar-refractivity contribution in [2.45, 2.75) is 52.1 Å². The highest BCUT2D eigenvalue weighted by atomic mass is 16.5. The van der Waals surface area contributed by atoms with Crippen molar-refractivity contribution in [3.63, 3.8) is 0 Å². The number of hydrogen-bond donors (Lipinski definition) is 0. The fraction of sp³-hybridized carbons (Fsp3) is 0.364. The third-order valence-electron chi connectivity index (χ3n) is 4.14. The van der Waals surface area contributed by atoms with E-state index in [1.165, 1.54) is 19.3 Å². The summed E-state index contributed by atoms with van der Waals surface area (Å²) in [6.07, 6.45) is 6.06. The van der Waals surface area contributed by atoms with Crippen LogP contribution in [0.4, 0.5) is 0 Å². The zero-order valence-electron chi connectivity index (χ0n) is 14.9. The lowest BCUT2D eigenvalue weighted by Gasteiger charge is -2.06. The van der Waals surface area contributed by atoms with Gasteiger partial charge in [-0.3, -0.25) is 9.59 Å². The van der Waals surface area contributed by atoms with Gasteiger partial charge in [-0.15, -0.1) is 0 Å². The molecule has 0 saturated heterocycles. The van der Waals surface area contributed by atoms with Crippen LogP contribution in [-0.4, -0.2) is 11.8 Å². The van der Waals surface area contributed by atoms with E-state index in [0.717, 1.165) is 18.4 Å². The van der Waals surface area contributed by atoms with Crippen molar-refractivity contribution in [2.75, 3.05) is 0 Å². The second-order valence-electron chi connectivity index (χ2n) is 6.22. The van der Waals surface area contributed by atoms with Gasteiger partial charge in [0.25, 0.3) is 0 Å². The van der Waals surface area contributed by atoms with Gasteiger partial charge in [-0.1, -0.05) is 87.2 Å². The van der Waals surface area contributed by atoms with E-state index >= 15 is 0 Å². The van der Waals surface area contributed by atoms with E-state index < -0.39 is 0 Å². The highest BCUT2D eigenvalue weighted by Crippen LogP contribution is 2.12. The normalized spacial score (nSPS) is 10.4. The Kier molecular flexibility index (Phi) is 7.90. The molecule has 0 amide bonds. The Bertz CT molecular complexity index is 659. The number of carbonyl (C=O) groups excluding carboxylic acids is 2. The average molecular weight is 338 g/mol. The van der Waals surface area contributed by atoms with Crippen LogP contribution in [0.2, 0.25) is 0 Å². The van der Waals surface area contributed by atoms with Gasteiger partial charge in [0.15, 0.2) is 5.78 Å². The summed E-state index contributed by atoms with van der Waals surface area (Å²) in [7, 11) is 0. The van der Waals surface area contributed by atoms with E-state index in [0.29, 0.717) is 17.5 Å². The summed E-state index contributed by atoms with van der Waals surface area (Å²) in [5.74, 6) is -0.155. The van der Waals surface area contributed by atoms with Crippen LogP contribution in [0.5, 0.6) is 0 Å². The molecule has 0 atom stereocenters. The van der Waals surface area contributed by atoms with Gasteiger partial charge < -0.3 is 4.74 Å². The van der Waals surface area contributed by atoms with E-state index in [-0.39, 0.29) is 18.4 Å². The molecule has 0 aliphatic rings. The van der Waals surface area contributed by atoms with Crippen molar-refractivity contribution in [3.05, 3.63) is 71.3 Å². The summed E-state index contributed by atoms with van der Waals surface area (Å²) in [4.78, 5) is 24.1. The molecule has 132 valence electrons. The molecule has 0 bridgehead atoms. The first kappa shape index (κ1) is 18.9. The molecular formula is C22H26O3. The zero-order chi connectivity index (χ0) is 17.9. The van der Waals surface area contributed by atoms with Crippen LogP contribution >= 0.6 is 0 Å². The first-order valence-corrected chi connectivity index (χ1v) is 9.05. The molecule has 0 fully saturated rings. The number of carbonyl (C=O) groups is 2. The number of hydrogen-bond acceptors (Lipinski definition) is 3. The Morgan fingerprint density at radius 2 is 1.44 bits per heavy atom. The molecule has 0 aliphatic heterocycles.